The fraction of sp³-hybridized carbons (Fsp3) is 0.769. The molecule has 1 heterocycles. The molecule has 1 aliphatic rings. The molecule has 16 heavy (non-hydrogen) atoms. The number of rotatable bonds is 5. The highest BCUT2D eigenvalue weighted by Crippen LogP contribution is 2.38. The minimum Gasteiger partial charge on any atom is -0.330 e. The zero-order valence-corrected chi connectivity index (χ0v) is 10.6. The molecule has 90 valence electrons. The topological polar surface area (TPSA) is 43.8 Å². The molecule has 1 aromatic heterocycles. The van der Waals surface area contributed by atoms with E-state index in [1.807, 2.05) is 26.4 Å². The van der Waals surface area contributed by atoms with Crippen molar-refractivity contribution in [3.05, 3.63) is 18.2 Å². The number of imidazole rings is 1. The molecule has 0 saturated heterocycles. The number of aromatic nitrogens is 2. The Bertz CT molecular complexity index is 344. The van der Waals surface area contributed by atoms with E-state index in [4.69, 9.17) is 5.73 Å². The van der Waals surface area contributed by atoms with Crippen molar-refractivity contribution in [2.45, 2.75) is 58.0 Å². The number of nitrogens with zero attached hydrogens (tertiary/aromatic N) is 2. The van der Waals surface area contributed by atoms with Gasteiger partial charge in [0.25, 0.3) is 0 Å². The Balaban J connectivity index is 2.19. The van der Waals surface area contributed by atoms with Crippen molar-refractivity contribution in [1.82, 2.24) is 9.55 Å². The molecule has 0 radical (unpaired) electrons. The molecule has 1 aromatic rings. The van der Waals surface area contributed by atoms with Gasteiger partial charge < -0.3 is 10.3 Å². The van der Waals surface area contributed by atoms with Gasteiger partial charge in [0.2, 0.25) is 0 Å². The molecule has 0 spiro atoms. The molecular formula is C13H23N3. The second-order valence-corrected chi connectivity index (χ2v) is 5.65. The molecule has 3 nitrogen and oxygen atoms in total. The summed E-state index contributed by atoms with van der Waals surface area (Å²) in [7, 11) is 0. The maximum absolute atomic E-state index is 6.18. The third kappa shape index (κ3) is 2.46. The van der Waals surface area contributed by atoms with E-state index in [9.17, 15) is 0 Å². The third-order valence-corrected chi connectivity index (χ3v) is 3.49. The molecule has 1 aliphatic carbocycles. The minimum atomic E-state index is -0.298. The molecule has 1 fully saturated rings. The summed E-state index contributed by atoms with van der Waals surface area (Å²) < 4.78 is 2.29. The van der Waals surface area contributed by atoms with Gasteiger partial charge in [0, 0.05) is 12.2 Å². The Labute approximate surface area is 98.1 Å². The van der Waals surface area contributed by atoms with Gasteiger partial charge in [-0.05, 0) is 32.6 Å². The molecule has 3 heteroatoms. The first-order chi connectivity index (χ1) is 7.52. The molecule has 1 atom stereocenters. The minimum absolute atomic E-state index is 0.298. The van der Waals surface area contributed by atoms with Crippen molar-refractivity contribution in [1.29, 1.82) is 0 Å². The number of hydrogen-bond donors (Lipinski definition) is 1. The van der Waals surface area contributed by atoms with E-state index in [1.165, 1.54) is 19.3 Å². The lowest BCUT2D eigenvalue weighted by Gasteiger charge is -2.26. The van der Waals surface area contributed by atoms with Crippen LogP contribution in [0.1, 0.15) is 58.2 Å². The molecule has 0 bridgehead atoms. The largest absolute Gasteiger partial charge is 0.330 e. The van der Waals surface area contributed by atoms with Crippen molar-refractivity contribution in [2.75, 3.05) is 0 Å². The van der Waals surface area contributed by atoms with Crippen molar-refractivity contribution in [3.8, 4) is 0 Å². The summed E-state index contributed by atoms with van der Waals surface area (Å²) in [6.07, 6.45) is 9.13. The normalized spacial score (nSPS) is 18.8. The Morgan fingerprint density at radius 2 is 2.25 bits per heavy atom. The van der Waals surface area contributed by atoms with Crippen LogP contribution in [-0.4, -0.2) is 9.55 Å². The fourth-order valence-corrected chi connectivity index (χ4v) is 2.31. The monoisotopic (exact) mass is 221 g/mol. The summed E-state index contributed by atoms with van der Waals surface area (Å²) >= 11 is 0. The average Bonchev–Trinajstić information content (AvgIpc) is 2.87. The van der Waals surface area contributed by atoms with Crippen molar-refractivity contribution in [3.63, 3.8) is 0 Å². The maximum Gasteiger partial charge on any atom is 0.0951 e. The lowest BCUT2D eigenvalue weighted by molar-refractivity contribution is 0.386. The maximum atomic E-state index is 6.18. The molecule has 0 aromatic carbocycles. The molecule has 2 rings (SSSR count). The Morgan fingerprint density at radius 3 is 2.75 bits per heavy atom. The smallest absolute Gasteiger partial charge is 0.0951 e. The first-order valence-electron chi connectivity index (χ1n) is 6.33. The van der Waals surface area contributed by atoms with Gasteiger partial charge in [0.1, 0.15) is 0 Å². The quantitative estimate of drug-likeness (QED) is 0.831. The second-order valence-electron chi connectivity index (χ2n) is 5.65. The lowest BCUT2D eigenvalue weighted by atomic mass is 10.0. The first kappa shape index (κ1) is 11.6. The predicted molar refractivity (Wildman–Crippen MR) is 66.1 cm³/mol. The van der Waals surface area contributed by atoms with Gasteiger partial charge in [-0.2, -0.15) is 0 Å². The molecule has 1 unspecified atom stereocenters. The van der Waals surface area contributed by atoms with Crippen molar-refractivity contribution < 1.29 is 0 Å². The second kappa shape index (κ2) is 4.21. The van der Waals surface area contributed by atoms with E-state index in [2.05, 4.69) is 16.5 Å². The van der Waals surface area contributed by atoms with Crippen molar-refractivity contribution in [2.24, 2.45) is 11.7 Å². The number of nitrogens with two attached hydrogens (primary N) is 1. The third-order valence-electron chi connectivity index (χ3n) is 3.49. The SMILES string of the molecule is CCC(CC1CC1)n1cncc1C(C)(C)N. The standard InChI is InChI=1S/C13H23N3/c1-4-11(7-10-5-6-10)16-9-15-8-12(16)13(2,3)14/h8-11H,4-7,14H2,1-3H3. The van der Waals surface area contributed by atoms with E-state index < -0.39 is 0 Å². The van der Waals surface area contributed by atoms with Crippen LogP contribution in [0.3, 0.4) is 0 Å². The summed E-state index contributed by atoms with van der Waals surface area (Å²) in [5.74, 6) is 0.945. The van der Waals surface area contributed by atoms with Gasteiger partial charge in [-0.3, -0.25) is 0 Å². The van der Waals surface area contributed by atoms with Gasteiger partial charge in [0.15, 0.2) is 0 Å². The average molecular weight is 221 g/mol. The highest BCUT2D eigenvalue weighted by Gasteiger charge is 2.28. The van der Waals surface area contributed by atoms with Gasteiger partial charge >= 0.3 is 0 Å². The highest BCUT2D eigenvalue weighted by molar-refractivity contribution is 5.11. The molecule has 1 saturated carbocycles. The van der Waals surface area contributed by atoms with E-state index in [0.717, 1.165) is 18.0 Å². The summed E-state index contributed by atoms with van der Waals surface area (Å²) in [6, 6.07) is 0.577. The van der Waals surface area contributed by atoms with E-state index in [1.54, 1.807) is 0 Å². The van der Waals surface area contributed by atoms with Gasteiger partial charge in [0.05, 0.1) is 17.6 Å². The van der Waals surface area contributed by atoms with Crippen LogP contribution in [0, 0.1) is 5.92 Å². The van der Waals surface area contributed by atoms with E-state index in [0.29, 0.717) is 6.04 Å². The molecule has 2 N–H and O–H groups in total. The van der Waals surface area contributed by atoms with Crippen LogP contribution in [0.4, 0.5) is 0 Å². The van der Waals surface area contributed by atoms with Gasteiger partial charge in [-0.25, -0.2) is 4.98 Å². The highest BCUT2D eigenvalue weighted by atomic mass is 15.1. The van der Waals surface area contributed by atoms with Crippen LogP contribution in [-0.2, 0) is 5.54 Å². The van der Waals surface area contributed by atoms with Gasteiger partial charge in [-0.1, -0.05) is 19.8 Å². The first-order valence-corrected chi connectivity index (χ1v) is 6.33. The molecular weight excluding hydrogens is 198 g/mol. The molecule has 0 aliphatic heterocycles. The Hall–Kier alpha value is -0.830. The van der Waals surface area contributed by atoms with Crippen LogP contribution < -0.4 is 5.73 Å². The van der Waals surface area contributed by atoms with Crippen LogP contribution >= 0.6 is 0 Å². The summed E-state index contributed by atoms with van der Waals surface area (Å²) in [6.45, 7) is 6.34. The summed E-state index contributed by atoms with van der Waals surface area (Å²) in [5, 5.41) is 0. The summed E-state index contributed by atoms with van der Waals surface area (Å²) in [5.41, 5.74) is 7.03. The van der Waals surface area contributed by atoms with E-state index >= 15 is 0 Å². The lowest BCUT2D eigenvalue weighted by Crippen LogP contribution is -2.32. The number of hydrogen-bond acceptors (Lipinski definition) is 2. The van der Waals surface area contributed by atoms with Gasteiger partial charge in [-0.15, -0.1) is 0 Å². The Morgan fingerprint density at radius 1 is 1.56 bits per heavy atom. The van der Waals surface area contributed by atoms with Crippen molar-refractivity contribution >= 4 is 0 Å². The van der Waals surface area contributed by atoms with Crippen LogP contribution in [0.5, 0.6) is 0 Å². The van der Waals surface area contributed by atoms with E-state index in [-0.39, 0.29) is 5.54 Å². The van der Waals surface area contributed by atoms with Crippen LogP contribution in [0.15, 0.2) is 12.5 Å². The Kier molecular flexibility index (Phi) is 3.06. The fourth-order valence-electron chi connectivity index (χ4n) is 2.31. The predicted octanol–water partition coefficient (Wildman–Crippen LogP) is 2.83. The zero-order valence-electron chi connectivity index (χ0n) is 10.6. The van der Waals surface area contributed by atoms with Crippen LogP contribution in [0.2, 0.25) is 0 Å². The van der Waals surface area contributed by atoms with Crippen LogP contribution in [0.25, 0.3) is 0 Å². The summed E-state index contributed by atoms with van der Waals surface area (Å²) in [4.78, 5) is 4.27. The zero-order chi connectivity index (χ0) is 11.8. The molecule has 0 amide bonds.